The molecule has 1 fully saturated rings. The maximum absolute atomic E-state index is 6.03. The molecule has 0 spiro atoms. The van der Waals surface area contributed by atoms with E-state index in [2.05, 4.69) is 35.3 Å². The highest BCUT2D eigenvalue weighted by Gasteiger charge is 2.33. The first-order valence-corrected chi connectivity index (χ1v) is 7.84. The topological polar surface area (TPSA) is 52.0 Å². The van der Waals surface area contributed by atoms with Gasteiger partial charge in [0.2, 0.25) is 0 Å². The summed E-state index contributed by atoms with van der Waals surface area (Å²) in [6.45, 7) is 7.92. The second-order valence-electron chi connectivity index (χ2n) is 6.12. The molecule has 5 nitrogen and oxygen atoms in total. The van der Waals surface area contributed by atoms with E-state index in [1.165, 1.54) is 11.3 Å². The Kier molecular flexibility index (Phi) is 4.16. The Bertz CT molecular complexity index is 665. The van der Waals surface area contributed by atoms with Crippen LogP contribution in [0.5, 0.6) is 0 Å². The van der Waals surface area contributed by atoms with Crippen molar-refractivity contribution in [2.24, 2.45) is 13.0 Å². The quantitative estimate of drug-likeness (QED) is 0.943. The molecule has 22 heavy (non-hydrogen) atoms. The zero-order chi connectivity index (χ0) is 15.7. The van der Waals surface area contributed by atoms with Gasteiger partial charge in [0.25, 0.3) is 0 Å². The lowest BCUT2D eigenvalue weighted by atomic mass is 9.94. The van der Waals surface area contributed by atoms with Crippen LogP contribution in [0.3, 0.4) is 0 Å². The lowest BCUT2D eigenvalue weighted by Gasteiger charge is -2.20. The fourth-order valence-corrected chi connectivity index (χ4v) is 3.27. The molecule has 0 saturated carbocycles. The van der Waals surface area contributed by atoms with Crippen LogP contribution >= 0.6 is 0 Å². The van der Waals surface area contributed by atoms with E-state index in [4.69, 9.17) is 4.74 Å². The minimum Gasteiger partial charge on any atom is -0.385 e. The van der Waals surface area contributed by atoms with Gasteiger partial charge in [-0.2, -0.15) is 5.10 Å². The summed E-state index contributed by atoms with van der Waals surface area (Å²) >= 11 is 0. The first-order valence-electron chi connectivity index (χ1n) is 7.84. The van der Waals surface area contributed by atoms with Crippen molar-refractivity contribution < 1.29 is 4.74 Å². The molecule has 118 valence electrons. The molecule has 1 aliphatic rings. The number of hydrogen-bond acceptors (Lipinski definition) is 4. The van der Waals surface area contributed by atoms with E-state index < -0.39 is 0 Å². The van der Waals surface area contributed by atoms with E-state index in [9.17, 15) is 0 Å². The summed E-state index contributed by atoms with van der Waals surface area (Å²) in [5.41, 5.74) is 5.70. The van der Waals surface area contributed by atoms with E-state index in [-0.39, 0.29) is 6.10 Å². The van der Waals surface area contributed by atoms with Crippen LogP contribution in [-0.2, 0) is 11.8 Å². The Balaban J connectivity index is 1.73. The van der Waals surface area contributed by atoms with Gasteiger partial charge in [-0.3, -0.25) is 9.67 Å². The van der Waals surface area contributed by atoms with Crippen molar-refractivity contribution in [2.45, 2.75) is 33.3 Å². The summed E-state index contributed by atoms with van der Waals surface area (Å²) in [6, 6.07) is 4.09. The number of aryl methyl sites for hydroxylation is 3. The average molecular weight is 300 g/mol. The van der Waals surface area contributed by atoms with Crippen molar-refractivity contribution in [3.63, 3.8) is 0 Å². The van der Waals surface area contributed by atoms with Gasteiger partial charge in [0, 0.05) is 55.0 Å². The Morgan fingerprint density at radius 3 is 2.86 bits per heavy atom. The predicted molar refractivity (Wildman–Crippen MR) is 86.9 cm³/mol. The second-order valence-corrected chi connectivity index (χ2v) is 6.12. The lowest BCUT2D eigenvalue weighted by Crippen LogP contribution is -2.19. The molecular formula is C17H24N4O. The molecular weight excluding hydrogens is 276 g/mol. The van der Waals surface area contributed by atoms with E-state index in [1.54, 1.807) is 0 Å². The Morgan fingerprint density at radius 2 is 2.18 bits per heavy atom. The number of nitrogens with zero attached hydrogens (tertiary/aromatic N) is 3. The number of nitrogens with one attached hydrogen (secondary N) is 1. The number of anilines is 1. The minimum absolute atomic E-state index is 0.143. The van der Waals surface area contributed by atoms with Crippen molar-refractivity contribution in [2.75, 3.05) is 18.5 Å². The van der Waals surface area contributed by atoms with Crippen LogP contribution in [0.15, 0.2) is 18.3 Å². The molecule has 0 amide bonds. The molecule has 1 N–H and O–H groups in total. The third-order valence-electron chi connectivity index (χ3n) is 4.53. The summed E-state index contributed by atoms with van der Waals surface area (Å²) in [4.78, 5) is 4.23. The van der Waals surface area contributed by atoms with Crippen molar-refractivity contribution in [1.29, 1.82) is 0 Å². The highest BCUT2D eigenvalue weighted by Crippen LogP contribution is 2.37. The maximum atomic E-state index is 6.03. The van der Waals surface area contributed by atoms with E-state index in [0.717, 1.165) is 36.6 Å². The summed E-state index contributed by atoms with van der Waals surface area (Å²) in [7, 11) is 1.99. The summed E-state index contributed by atoms with van der Waals surface area (Å²) in [5, 5.41) is 8.05. The average Bonchev–Trinajstić information content (AvgIpc) is 3.02. The van der Waals surface area contributed by atoms with Crippen molar-refractivity contribution in [1.82, 2.24) is 14.8 Å². The smallest absolute Gasteiger partial charge is 0.0906 e. The van der Waals surface area contributed by atoms with E-state index in [1.807, 2.05) is 30.9 Å². The third kappa shape index (κ3) is 2.86. The van der Waals surface area contributed by atoms with Gasteiger partial charge < -0.3 is 10.1 Å². The molecule has 0 unspecified atom stereocenters. The number of hydrogen-bond donors (Lipinski definition) is 1. The molecule has 5 heteroatoms. The first-order chi connectivity index (χ1) is 10.6. The van der Waals surface area contributed by atoms with Gasteiger partial charge >= 0.3 is 0 Å². The molecule has 1 aliphatic heterocycles. The van der Waals surface area contributed by atoms with Crippen LogP contribution < -0.4 is 5.32 Å². The van der Waals surface area contributed by atoms with Gasteiger partial charge in [0.05, 0.1) is 11.8 Å². The number of rotatable bonds is 4. The van der Waals surface area contributed by atoms with Crippen molar-refractivity contribution in [3.8, 4) is 0 Å². The standard InChI is InChI=1S/C17H24N4O/c1-11-9-15(5-7-18-11)19-10-14-6-8-22-17(14)16-12(2)20-21(4)13(16)3/h5,7,9,14,17H,6,8,10H2,1-4H3,(H,18,19)/t14-,17+/m1/s1. The molecule has 3 rings (SSSR count). The number of pyridine rings is 1. The molecule has 1 saturated heterocycles. The molecule has 0 bridgehead atoms. The molecule has 3 heterocycles. The van der Waals surface area contributed by atoms with Crippen LogP contribution in [0.4, 0.5) is 5.69 Å². The van der Waals surface area contributed by atoms with Gasteiger partial charge in [-0.05, 0) is 39.3 Å². The van der Waals surface area contributed by atoms with Gasteiger partial charge in [0.1, 0.15) is 0 Å². The van der Waals surface area contributed by atoms with Crippen LogP contribution in [0.1, 0.15) is 35.2 Å². The lowest BCUT2D eigenvalue weighted by molar-refractivity contribution is 0.0922. The maximum Gasteiger partial charge on any atom is 0.0906 e. The van der Waals surface area contributed by atoms with Crippen LogP contribution in [0.25, 0.3) is 0 Å². The van der Waals surface area contributed by atoms with Crippen LogP contribution in [-0.4, -0.2) is 27.9 Å². The molecule has 0 aliphatic carbocycles. The zero-order valence-electron chi connectivity index (χ0n) is 13.8. The highest BCUT2D eigenvalue weighted by molar-refractivity contribution is 5.43. The van der Waals surface area contributed by atoms with E-state index in [0.29, 0.717) is 5.92 Å². The first kappa shape index (κ1) is 15.0. The SMILES string of the molecule is Cc1cc(NC[C@H]2CCO[C@@H]2c2c(C)nn(C)c2C)ccn1. The largest absolute Gasteiger partial charge is 0.385 e. The Morgan fingerprint density at radius 1 is 1.36 bits per heavy atom. The van der Waals surface area contributed by atoms with Gasteiger partial charge in [-0.25, -0.2) is 0 Å². The monoisotopic (exact) mass is 300 g/mol. The van der Waals surface area contributed by atoms with Gasteiger partial charge in [-0.15, -0.1) is 0 Å². The third-order valence-corrected chi connectivity index (χ3v) is 4.53. The number of aromatic nitrogens is 3. The fraction of sp³-hybridized carbons (Fsp3) is 0.529. The molecule has 2 aromatic heterocycles. The van der Waals surface area contributed by atoms with Crippen molar-refractivity contribution >= 4 is 5.69 Å². The van der Waals surface area contributed by atoms with Crippen LogP contribution in [0, 0.1) is 26.7 Å². The van der Waals surface area contributed by atoms with Crippen molar-refractivity contribution in [3.05, 3.63) is 41.0 Å². The Hall–Kier alpha value is -1.88. The Labute approximate surface area is 131 Å². The van der Waals surface area contributed by atoms with E-state index >= 15 is 0 Å². The summed E-state index contributed by atoms with van der Waals surface area (Å²) in [6.07, 6.45) is 3.06. The predicted octanol–water partition coefficient (Wildman–Crippen LogP) is 2.93. The number of ether oxygens (including phenoxy) is 1. The zero-order valence-corrected chi connectivity index (χ0v) is 13.8. The van der Waals surface area contributed by atoms with Crippen LogP contribution in [0.2, 0.25) is 0 Å². The normalized spacial score (nSPS) is 21.3. The molecule has 0 radical (unpaired) electrons. The fourth-order valence-electron chi connectivity index (χ4n) is 3.27. The summed E-state index contributed by atoms with van der Waals surface area (Å²) in [5.74, 6) is 0.468. The van der Waals surface area contributed by atoms with Gasteiger partial charge in [0.15, 0.2) is 0 Å². The molecule has 2 atom stereocenters. The molecule has 0 aromatic carbocycles. The van der Waals surface area contributed by atoms with Gasteiger partial charge in [-0.1, -0.05) is 0 Å². The highest BCUT2D eigenvalue weighted by atomic mass is 16.5. The molecule has 2 aromatic rings. The second kappa shape index (κ2) is 6.08. The summed E-state index contributed by atoms with van der Waals surface area (Å²) < 4.78 is 7.98. The minimum atomic E-state index is 0.143.